The number of rotatable bonds is 6. The molecule has 0 bridgehead atoms. The minimum atomic E-state index is 0.172. The minimum absolute atomic E-state index is 0.172. The van der Waals surface area contributed by atoms with Crippen molar-refractivity contribution in [3.63, 3.8) is 0 Å². The van der Waals surface area contributed by atoms with Gasteiger partial charge in [0.2, 0.25) is 0 Å². The Morgan fingerprint density at radius 2 is 1.86 bits per heavy atom. The van der Waals surface area contributed by atoms with Crippen LogP contribution in [-0.2, 0) is 6.42 Å². The van der Waals surface area contributed by atoms with Gasteiger partial charge in [-0.05, 0) is 48.9 Å². The molecule has 1 unspecified atom stereocenters. The molecule has 0 heterocycles. The number of ether oxygens (including phenoxy) is 2. The van der Waals surface area contributed by atoms with E-state index in [1.165, 1.54) is 11.1 Å². The number of hydrogen-bond donors (Lipinski definition) is 1. The molecule has 112 valence electrons. The number of hydrogen-bond acceptors (Lipinski definition) is 3. The standard InChI is InChI=1S/C17H20BrNO2/c1-19-16(10-12-6-4-5-7-17(12)21-3)14-11-13(20-2)8-9-15(14)18/h4-9,11,16,19H,10H2,1-3H3. The van der Waals surface area contributed by atoms with Gasteiger partial charge in [0.25, 0.3) is 0 Å². The van der Waals surface area contributed by atoms with Crippen LogP contribution in [0.25, 0.3) is 0 Å². The first kappa shape index (κ1) is 15.9. The molecule has 0 aliphatic rings. The summed E-state index contributed by atoms with van der Waals surface area (Å²) in [6.07, 6.45) is 0.840. The van der Waals surface area contributed by atoms with E-state index in [-0.39, 0.29) is 6.04 Å². The minimum Gasteiger partial charge on any atom is -0.497 e. The molecule has 0 spiro atoms. The van der Waals surface area contributed by atoms with E-state index in [4.69, 9.17) is 9.47 Å². The van der Waals surface area contributed by atoms with E-state index in [1.54, 1.807) is 14.2 Å². The molecule has 2 aromatic carbocycles. The van der Waals surface area contributed by atoms with Crippen LogP contribution in [0.5, 0.6) is 11.5 Å². The van der Waals surface area contributed by atoms with Crippen molar-refractivity contribution in [1.29, 1.82) is 0 Å². The van der Waals surface area contributed by atoms with Crippen LogP contribution in [0.4, 0.5) is 0 Å². The van der Waals surface area contributed by atoms with E-state index in [1.807, 2.05) is 37.4 Å². The molecule has 0 saturated carbocycles. The highest BCUT2D eigenvalue weighted by atomic mass is 79.9. The molecule has 0 aliphatic carbocycles. The molecule has 0 fully saturated rings. The van der Waals surface area contributed by atoms with Crippen molar-refractivity contribution in [1.82, 2.24) is 5.32 Å². The highest BCUT2D eigenvalue weighted by Gasteiger charge is 2.16. The molecule has 3 nitrogen and oxygen atoms in total. The van der Waals surface area contributed by atoms with Crippen molar-refractivity contribution < 1.29 is 9.47 Å². The first-order valence-corrected chi connectivity index (χ1v) is 7.61. The summed E-state index contributed by atoms with van der Waals surface area (Å²) in [5.74, 6) is 1.77. The zero-order valence-electron chi connectivity index (χ0n) is 12.5. The van der Waals surface area contributed by atoms with Crippen molar-refractivity contribution in [3.05, 3.63) is 58.1 Å². The third-order valence-electron chi connectivity index (χ3n) is 3.54. The lowest BCUT2D eigenvalue weighted by atomic mass is 9.98. The molecular weight excluding hydrogens is 330 g/mol. The largest absolute Gasteiger partial charge is 0.497 e. The van der Waals surface area contributed by atoms with Gasteiger partial charge in [0.05, 0.1) is 14.2 Å². The number of nitrogens with one attached hydrogen (secondary N) is 1. The van der Waals surface area contributed by atoms with Gasteiger partial charge in [0.15, 0.2) is 0 Å². The fourth-order valence-electron chi connectivity index (χ4n) is 2.37. The van der Waals surface area contributed by atoms with Gasteiger partial charge in [-0.2, -0.15) is 0 Å². The fraction of sp³-hybridized carbons (Fsp3) is 0.294. The second-order valence-electron chi connectivity index (χ2n) is 4.74. The van der Waals surface area contributed by atoms with Gasteiger partial charge in [-0.3, -0.25) is 0 Å². The predicted molar refractivity (Wildman–Crippen MR) is 89.2 cm³/mol. The number of halogens is 1. The van der Waals surface area contributed by atoms with Gasteiger partial charge >= 0.3 is 0 Å². The fourth-order valence-corrected chi connectivity index (χ4v) is 2.90. The first-order chi connectivity index (χ1) is 10.2. The summed E-state index contributed by atoms with van der Waals surface area (Å²) in [5, 5.41) is 3.37. The van der Waals surface area contributed by atoms with Crippen LogP contribution in [0.2, 0.25) is 0 Å². The SMILES string of the molecule is CNC(Cc1ccccc1OC)c1cc(OC)ccc1Br. The van der Waals surface area contributed by atoms with E-state index in [2.05, 4.69) is 33.4 Å². The van der Waals surface area contributed by atoms with Crippen LogP contribution in [0.3, 0.4) is 0 Å². The first-order valence-electron chi connectivity index (χ1n) is 6.82. The smallest absolute Gasteiger partial charge is 0.122 e. The summed E-state index contributed by atoms with van der Waals surface area (Å²) >= 11 is 3.62. The van der Waals surface area contributed by atoms with E-state index in [9.17, 15) is 0 Å². The quantitative estimate of drug-likeness (QED) is 0.855. The summed E-state index contributed by atoms with van der Waals surface area (Å²) in [7, 11) is 5.35. The van der Waals surface area contributed by atoms with Gasteiger partial charge in [0, 0.05) is 10.5 Å². The van der Waals surface area contributed by atoms with Gasteiger partial charge in [-0.15, -0.1) is 0 Å². The van der Waals surface area contributed by atoms with Crippen LogP contribution in [0, 0.1) is 0 Å². The average molecular weight is 350 g/mol. The molecule has 0 saturated heterocycles. The topological polar surface area (TPSA) is 30.5 Å². The maximum Gasteiger partial charge on any atom is 0.122 e. The molecule has 0 amide bonds. The summed E-state index contributed by atoms with van der Waals surface area (Å²) in [4.78, 5) is 0. The lowest BCUT2D eigenvalue weighted by molar-refractivity contribution is 0.405. The average Bonchev–Trinajstić information content (AvgIpc) is 2.53. The monoisotopic (exact) mass is 349 g/mol. The second kappa shape index (κ2) is 7.48. The van der Waals surface area contributed by atoms with Crippen LogP contribution in [0.1, 0.15) is 17.2 Å². The number of likely N-dealkylation sites (N-methyl/N-ethyl adjacent to an activating group) is 1. The summed E-state index contributed by atoms with van der Waals surface area (Å²) in [5.41, 5.74) is 2.34. The summed E-state index contributed by atoms with van der Waals surface area (Å²) < 4.78 is 11.8. The normalized spacial score (nSPS) is 12.0. The highest BCUT2D eigenvalue weighted by Crippen LogP contribution is 2.31. The Morgan fingerprint density at radius 3 is 2.52 bits per heavy atom. The third kappa shape index (κ3) is 3.77. The maximum absolute atomic E-state index is 5.44. The van der Waals surface area contributed by atoms with Gasteiger partial charge < -0.3 is 14.8 Å². The Kier molecular flexibility index (Phi) is 5.65. The van der Waals surface area contributed by atoms with Crippen LogP contribution >= 0.6 is 15.9 Å². The molecule has 4 heteroatoms. The van der Waals surface area contributed by atoms with E-state index in [0.29, 0.717) is 0 Å². The van der Waals surface area contributed by atoms with Crippen molar-refractivity contribution in [2.24, 2.45) is 0 Å². The number of methoxy groups -OCH3 is 2. The Bertz CT molecular complexity index is 601. The lowest BCUT2D eigenvalue weighted by Crippen LogP contribution is -2.19. The van der Waals surface area contributed by atoms with Gasteiger partial charge in [0.1, 0.15) is 11.5 Å². The Labute approximate surface area is 134 Å². The summed E-state index contributed by atoms with van der Waals surface area (Å²) in [6.45, 7) is 0. The van der Waals surface area contributed by atoms with Crippen molar-refractivity contribution in [3.8, 4) is 11.5 Å². The molecule has 0 aliphatic heterocycles. The molecule has 1 atom stereocenters. The number of benzene rings is 2. The highest BCUT2D eigenvalue weighted by molar-refractivity contribution is 9.10. The van der Waals surface area contributed by atoms with E-state index < -0.39 is 0 Å². The summed E-state index contributed by atoms with van der Waals surface area (Å²) in [6, 6.07) is 14.3. The lowest BCUT2D eigenvalue weighted by Gasteiger charge is -2.20. The van der Waals surface area contributed by atoms with Crippen molar-refractivity contribution in [2.45, 2.75) is 12.5 Å². The molecule has 0 radical (unpaired) electrons. The molecular formula is C17H20BrNO2. The maximum atomic E-state index is 5.44. The van der Waals surface area contributed by atoms with Crippen LogP contribution < -0.4 is 14.8 Å². The molecule has 21 heavy (non-hydrogen) atoms. The Morgan fingerprint density at radius 1 is 1.10 bits per heavy atom. The zero-order valence-corrected chi connectivity index (χ0v) is 14.1. The van der Waals surface area contributed by atoms with Gasteiger partial charge in [-0.1, -0.05) is 34.1 Å². The molecule has 2 aromatic rings. The Balaban J connectivity index is 2.32. The zero-order chi connectivity index (χ0) is 15.2. The number of para-hydroxylation sites is 1. The Hall–Kier alpha value is -1.52. The predicted octanol–water partition coefficient (Wildman–Crippen LogP) is 3.97. The molecule has 0 aromatic heterocycles. The second-order valence-corrected chi connectivity index (χ2v) is 5.60. The molecule has 1 N–H and O–H groups in total. The molecule has 2 rings (SSSR count). The van der Waals surface area contributed by atoms with E-state index in [0.717, 1.165) is 22.4 Å². The van der Waals surface area contributed by atoms with Crippen LogP contribution in [-0.4, -0.2) is 21.3 Å². The van der Waals surface area contributed by atoms with E-state index >= 15 is 0 Å². The van der Waals surface area contributed by atoms with Crippen molar-refractivity contribution >= 4 is 15.9 Å². The van der Waals surface area contributed by atoms with Crippen LogP contribution in [0.15, 0.2) is 46.9 Å². The van der Waals surface area contributed by atoms with Gasteiger partial charge in [-0.25, -0.2) is 0 Å². The third-order valence-corrected chi connectivity index (χ3v) is 4.27. The van der Waals surface area contributed by atoms with Crippen molar-refractivity contribution in [2.75, 3.05) is 21.3 Å².